The van der Waals surface area contributed by atoms with E-state index in [0.717, 1.165) is 6.61 Å². The Labute approximate surface area is 88.6 Å². The third-order valence-electron chi connectivity index (χ3n) is 1.64. The van der Waals surface area contributed by atoms with Crippen LogP contribution in [-0.4, -0.2) is 12.3 Å². The standard InChI is InChI=1S/C10H14BBrO/c1-9(2)8-13-11(12)10-6-4-3-5-7-10/h3-7,9H,8H2,1-2H3. The van der Waals surface area contributed by atoms with Crippen molar-refractivity contribution in [3.8, 4) is 0 Å². The summed E-state index contributed by atoms with van der Waals surface area (Å²) in [6.07, 6.45) is 0. The Kier molecular flexibility index (Phi) is 4.53. The fraction of sp³-hybridized carbons (Fsp3) is 0.400. The van der Waals surface area contributed by atoms with Crippen LogP contribution in [0.2, 0.25) is 0 Å². The van der Waals surface area contributed by atoms with Crippen LogP contribution in [0.1, 0.15) is 13.8 Å². The summed E-state index contributed by atoms with van der Waals surface area (Å²) < 4.78 is 5.61. The number of benzene rings is 1. The normalized spacial score (nSPS) is 10.5. The monoisotopic (exact) mass is 240 g/mol. The quantitative estimate of drug-likeness (QED) is 0.735. The molecule has 0 saturated carbocycles. The van der Waals surface area contributed by atoms with E-state index >= 15 is 0 Å². The van der Waals surface area contributed by atoms with Crippen molar-refractivity contribution in [3.63, 3.8) is 0 Å². The highest BCUT2D eigenvalue weighted by Gasteiger charge is 2.13. The first-order valence-electron chi connectivity index (χ1n) is 4.50. The number of rotatable bonds is 4. The van der Waals surface area contributed by atoms with Gasteiger partial charge >= 0.3 is 5.74 Å². The Morgan fingerprint density at radius 2 is 1.92 bits per heavy atom. The Bertz CT molecular complexity index is 238. The molecule has 0 unspecified atom stereocenters. The highest BCUT2D eigenvalue weighted by molar-refractivity contribution is 9.24. The summed E-state index contributed by atoms with van der Waals surface area (Å²) in [7, 11) is 0. The summed E-state index contributed by atoms with van der Waals surface area (Å²) in [5.74, 6) is 0.573. The zero-order chi connectivity index (χ0) is 9.68. The molecule has 0 heterocycles. The molecule has 70 valence electrons. The Morgan fingerprint density at radius 3 is 2.46 bits per heavy atom. The zero-order valence-corrected chi connectivity index (χ0v) is 9.62. The SMILES string of the molecule is CC(C)COB(Br)c1ccccc1. The van der Waals surface area contributed by atoms with Gasteiger partial charge in [-0.2, -0.15) is 0 Å². The van der Waals surface area contributed by atoms with Gasteiger partial charge in [-0.3, -0.25) is 0 Å². The topological polar surface area (TPSA) is 9.23 Å². The van der Waals surface area contributed by atoms with Crippen LogP contribution in [0.25, 0.3) is 0 Å². The fourth-order valence-electron chi connectivity index (χ4n) is 0.978. The van der Waals surface area contributed by atoms with Crippen molar-refractivity contribution in [2.24, 2.45) is 5.92 Å². The fourth-order valence-corrected chi connectivity index (χ4v) is 1.44. The van der Waals surface area contributed by atoms with Gasteiger partial charge in [0, 0.05) is 6.61 Å². The van der Waals surface area contributed by atoms with Gasteiger partial charge in [0.2, 0.25) is 0 Å². The van der Waals surface area contributed by atoms with Gasteiger partial charge in [-0.05, 0) is 11.4 Å². The first-order chi connectivity index (χ1) is 6.20. The van der Waals surface area contributed by atoms with E-state index in [1.807, 2.05) is 18.2 Å². The van der Waals surface area contributed by atoms with Crippen molar-refractivity contribution in [2.75, 3.05) is 6.61 Å². The third kappa shape index (κ3) is 3.96. The summed E-state index contributed by atoms with van der Waals surface area (Å²) in [6, 6.07) is 10.1. The van der Waals surface area contributed by atoms with Crippen molar-refractivity contribution in [1.29, 1.82) is 0 Å². The summed E-state index contributed by atoms with van der Waals surface area (Å²) in [5.41, 5.74) is 1.19. The van der Waals surface area contributed by atoms with Crippen LogP contribution in [-0.2, 0) is 4.65 Å². The number of halogens is 1. The van der Waals surface area contributed by atoms with Gasteiger partial charge in [-0.15, -0.1) is 15.8 Å². The van der Waals surface area contributed by atoms with Crippen molar-refractivity contribution in [1.82, 2.24) is 0 Å². The van der Waals surface area contributed by atoms with Crippen molar-refractivity contribution in [2.45, 2.75) is 13.8 Å². The van der Waals surface area contributed by atoms with Crippen molar-refractivity contribution >= 4 is 27.0 Å². The second kappa shape index (κ2) is 5.45. The Hall–Kier alpha value is -0.275. The van der Waals surface area contributed by atoms with E-state index in [9.17, 15) is 0 Å². The summed E-state index contributed by atoms with van der Waals surface area (Å²) in [4.78, 5) is 0. The van der Waals surface area contributed by atoms with Crippen LogP contribution in [0, 0.1) is 5.92 Å². The molecular formula is C10H14BBrO. The summed E-state index contributed by atoms with van der Waals surface area (Å²) >= 11 is 3.49. The van der Waals surface area contributed by atoms with E-state index in [1.165, 1.54) is 5.46 Å². The van der Waals surface area contributed by atoms with Crippen LogP contribution in [0.5, 0.6) is 0 Å². The second-order valence-electron chi connectivity index (χ2n) is 3.45. The maximum Gasteiger partial charge on any atom is 0.405 e. The van der Waals surface area contributed by atoms with Crippen LogP contribution in [0.3, 0.4) is 0 Å². The average molecular weight is 241 g/mol. The minimum Gasteiger partial charge on any atom is -0.421 e. The van der Waals surface area contributed by atoms with Crippen LogP contribution in [0.4, 0.5) is 0 Å². The van der Waals surface area contributed by atoms with Crippen LogP contribution >= 0.6 is 15.8 Å². The molecule has 0 aromatic heterocycles. The average Bonchev–Trinajstić information content (AvgIpc) is 2.15. The minimum absolute atomic E-state index is 0.0242. The molecule has 1 nitrogen and oxygen atoms in total. The Balaban J connectivity index is 2.44. The highest BCUT2D eigenvalue weighted by Crippen LogP contribution is 2.01. The molecule has 1 rings (SSSR count). The predicted molar refractivity (Wildman–Crippen MR) is 61.5 cm³/mol. The minimum atomic E-state index is 0.0242. The van der Waals surface area contributed by atoms with Gasteiger partial charge in [0.25, 0.3) is 0 Å². The Morgan fingerprint density at radius 1 is 1.31 bits per heavy atom. The first kappa shape index (κ1) is 10.8. The second-order valence-corrected chi connectivity index (χ2v) is 4.29. The molecule has 0 aliphatic rings. The molecule has 1 aromatic rings. The zero-order valence-electron chi connectivity index (χ0n) is 8.03. The van der Waals surface area contributed by atoms with Crippen LogP contribution < -0.4 is 5.46 Å². The van der Waals surface area contributed by atoms with Gasteiger partial charge in [0.05, 0.1) is 0 Å². The summed E-state index contributed by atoms with van der Waals surface area (Å²) in [5, 5.41) is 0. The lowest BCUT2D eigenvalue weighted by Gasteiger charge is -2.10. The van der Waals surface area contributed by atoms with Gasteiger partial charge in [0.1, 0.15) is 0 Å². The molecule has 0 amide bonds. The van der Waals surface area contributed by atoms with E-state index in [0.29, 0.717) is 5.92 Å². The summed E-state index contributed by atoms with van der Waals surface area (Å²) in [6.45, 7) is 5.07. The molecule has 1 aromatic carbocycles. The molecule has 0 bridgehead atoms. The lowest BCUT2D eigenvalue weighted by atomic mass is 9.87. The molecule has 0 saturated heterocycles. The van der Waals surface area contributed by atoms with E-state index in [1.54, 1.807) is 0 Å². The maximum atomic E-state index is 5.61. The van der Waals surface area contributed by atoms with Gasteiger partial charge in [-0.1, -0.05) is 44.2 Å². The molecule has 0 spiro atoms. The van der Waals surface area contributed by atoms with Gasteiger partial charge in [-0.25, -0.2) is 0 Å². The lowest BCUT2D eigenvalue weighted by Crippen LogP contribution is -2.28. The maximum absolute atomic E-state index is 5.61. The molecule has 0 aliphatic carbocycles. The molecule has 13 heavy (non-hydrogen) atoms. The molecule has 0 N–H and O–H groups in total. The van der Waals surface area contributed by atoms with Gasteiger partial charge in [0.15, 0.2) is 0 Å². The number of hydrogen-bond donors (Lipinski definition) is 0. The molecular weight excluding hydrogens is 227 g/mol. The lowest BCUT2D eigenvalue weighted by molar-refractivity contribution is 0.286. The van der Waals surface area contributed by atoms with Crippen LogP contribution in [0.15, 0.2) is 30.3 Å². The van der Waals surface area contributed by atoms with E-state index < -0.39 is 0 Å². The molecule has 0 radical (unpaired) electrons. The first-order valence-corrected chi connectivity index (χ1v) is 5.42. The van der Waals surface area contributed by atoms with Crippen molar-refractivity contribution < 1.29 is 4.65 Å². The van der Waals surface area contributed by atoms with E-state index in [2.05, 4.69) is 41.7 Å². The molecule has 0 atom stereocenters. The molecule has 3 heteroatoms. The smallest absolute Gasteiger partial charge is 0.405 e. The van der Waals surface area contributed by atoms with E-state index in [4.69, 9.17) is 4.65 Å². The largest absolute Gasteiger partial charge is 0.421 e. The number of hydrogen-bond acceptors (Lipinski definition) is 1. The molecule has 0 fully saturated rings. The third-order valence-corrected chi connectivity index (χ3v) is 2.43. The predicted octanol–water partition coefficient (Wildman–Crippen LogP) is 2.45. The van der Waals surface area contributed by atoms with E-state index in [-0.39, 0.29) is 5.74 Å². The van der Waals surface area contributed by atoms with Crippen molar-refractivity contribution in [3.05, 3.63) is 30.3 Å². The van der Waals surface area contributed by atoms with Gasteiger partial charge < -0.3 is 4.65 Å². The highest BCUT2D eigenvalue weighted by atomic mass is 79.9. The molecule has 0 aliphatic heterocycles.